The number of amides is 1. The number of hydrogen-bond acceptors (Lipinski definition) is 4. The number of benzene rings is 1. The first-order chi connectivity index (χ1) is 11.8. The van der Waals surface area contributed by atoms with Crippen molar-refractivity contribution in [3.05, 3.63) is 35.4 Å². The van der Waals surface area contributed by atoms with Gasteiger partial charge in [-0.2, -0.15) is 0 Å². The number of methoxy groups -OCH3 is 1. The predicted octanol–water partition coefficient (Wildman–Crippen LogP) is 2.24. The molecule has 1 unspecified atom stereocenters. The van der Waals surface area contributed by atoms with Crippen molar-refractivity contribution < 1.29 is 28.7 Å². The van der Waals surface area contributed by atoms with Gasteiger partial charge in [-0.15, -0.1) is 0 Å². The highest BCUT2D eigenvalue weighted by molar-refractivity contribution is 7.53. The zero-order valence-electron chi connectivity index (χ0n) is 14.0. The molecule has 8 heteroatoms. The smallest absolute Gasteiger partial charge is 0.337 e. The van der Waals surface area contributed by atoms with Gasteiger partial charge in [0, 0.05) is 6.04 Å². The number of hydrogen-bond donors (Lipinski definition) is 2. The Balaban J connectivity index is 1.89. The van der Waals surface area contributed by atoms with Crippen molar-refractivity contribution in [1.82, 2.24) is 4.90 Å². The van der Waals surface area contributed by atoms with Crippen LogP contribution in [0.1, 0.15) is 54.1 Å². The Hall–Kier alpha value is -1.69. The molecule has 0 radical (unpaired) electrons. The van der Waals surface area contributed by atoms with Crippen molar-refractivity contribution in [3.63, 3.8) is 0 Å². The first-order valence-corrected chi connectivity index (χ1v) is 10.1. The molecule has 1 aromatic rings. The lowest BCUT2D eigenvalue weighted by Gasteiger charge is -2.47. The number of ether oxygens (including phenoxy) is 1. The Bertz CT molecular complexity index is 712. The van der Waals surface area contributed by atoms with E-state index in [0.717, 1.165) is 24.8 Å². The highest BCUT2D eigenvalue weighted by Crippen LogP contribution is 2.50. The van der Waals surface area contributed by atoms with Gasteiger partial charge in [0.05, 0.1) is 18.7 Å². The second-order valence-corrected chi connectivity index (χ2v) is 8.44. The first kappa shape index (κ1) is 18.1. The van der Waals surface area contributed by atoms with Crippen LogP contribution in [0, 0.1) is 0 Å². The predicted molar refractivity (Wildman–Crippen MR) is 90.1 cm³/mol. The zero-order chi connectivity index (χ0) is 18.2. The summed E-state index contributed by atoms with van der Waals surface area (Å²) < 4.78 is 16.3. The molecule has 25 heavy (non-hydrogen) atoms. The standard InChI is InChI=1S/C17H22NO6P/c1-24-17(20)12-7-5-11(6-8-12)14-4-2-3-13-9-10-15(25(21,22)23)16(19)18(13)14/h5-8,13-15H,2-4,9-10H2,1H3,(H2,21,22,23)/t13-,14+,15?/m1/s1. The normalized spacial score (nSPS) is 26.9. The van der Waals surface area contributed by atoms with E-state index in [1.165, 1.54) is 7.11 Å². The summed E-state index contributed by atoms with van der Waals surface area (Å²) in [6.45, 7) is 0. The van der Waals surface area contributed by atoms with Gasteiger partial charge in [0.1, 0.15) is 5.66 Å². The highest BCUT2D eigenvalue weighted by Gasteiger charge is 2.47. The second-order valence-electron chi connectivity index (χ2n) is 6.64. The van der Waals surface area contributed by atoms with Crippen LogP contribution in [0.2, 0.25) is 0 Å². The molecule has 2 N–H and O–H groups in total. The number of piperidine rings is 2. The molecule has 3 atom stereocenters. The molecule has 3 rings (SSSR count). The number of fused-ring (bicyclic) bond motifs is 1. The molecule has 136 valence electrons. The van der Waals surface area contributed by atoms with E-state index >= 15 is 0 Å². The van der Waals surface area contributed by atoms with E-state index in [9.17, 15) is 23.9 Å². The Morgan fingerprint density at radius 3 is 2.44 bits per heavy atom. The highest BCUT2D eigenvalue weighted by atomic mass is 31.2. The summed E-state index contributed by atoms with van der Waals surface area (Å²) in [5.74, 6) is -0.880. The van der Waals surface area contributed by atoms with Crippen molar-refractivity contribution >= 4 is 19.5 Å². The van der Waals surface area contributed by atoms with Crippen LogP contribution in [-0.4, -0.2) is 45.4 Å². The van der Waals surface area contributed by atoms with E-state index in [-0.39, 0.29) is 18.5 Å². The largest absolute Gasteiger partial charge is 0.465 e. The molecule has 2 aliphatic heterocycles. The number of rotatable bonds is 3. The van der Waals surface area contributed by atoms with Crippen LogP contribution in [-0.2, 0) is 14.1 Å². The van der Waals surface area contributed by atoms with Crippen molar-refractivity contribution in [2.75, 3.05) is 7.11 Å². The van der Waals surface area contributed by atoms with Gasteiger partial charge < -0.3 is 19.4 Å². The molecule has 0 aromatic heterocycles. The average Bonchev–Trinajstić information content (AvgIpc) is 2.60. The summed E-state index contributed by atoms with van der Waals surface area (Å²) in [5.41, 5.74) is 0.0624. The minimum absolute atomic E-state index is 0.0225. The van der Waals surface area contributed by atoms with Crippen LogP contribution < -0.4 is 0 Å². The molecule has 0 bridgehead atoms. The van der Waals surface area contributed by atoms with E-state index in [4.69, 9.17) is 0 Å². The maximum atomic E-state index is 12.8. The van der Waals surface area contributed by atoms with Gasteiger partial charge in [-0.1, -0.05) is 12.1 Å². The molecule has 2 fully saturated rings. The molecule has 1 amide bonds. The van der Waals surface area contributed by atoms with Crippen molar-refractivity contribution in [2.45, 2.75) is 49.8 Å². The third kappa shape index (κ3) is 3.50. The van der Waals surface area contributed by atoms with Gasteiger partial charge in [0.2, 0.25) is 5.91 Å². The minimum Gasteiger partial charge on any atom is -0.465 e. The van der Waals surface area contributed by atoms with Gasteiger partial charge in [-0.3, -0.25) is 9.36 Å². The van der Waals surface area contributed by atoms with Crippen LogP contribution in [0.4, 0.5) is 0 Å². The fraction of sp³-hybridized carbons (Fsp3) is 0.529. The lowest BCUT2D eigenvalue weighted by atomic mass is 9.85. The summed E-state index contributed by atoms with van der Waals surface area (Å²) in [7, 11) is -3.14. The number of nitrogens with zero attached hydrogens (tertiary/aromatic N) is 1. The average molecular weight is 367 g/mol. The van der Waals surface area contributed by atoms with E-state index in [0.29, 0.717) is 12.0 Å². The van der Waals surface area contributed by atoms with E-state index in [1.54, 1.807) is 29.2 Å². The van der Waals surface area contributed by atoms with Crippen molar-refractivity contribution in [2.24, 2.45) is 0 Å². The van der Waals surface area contributed by atoms with E-state index in [1.807, 2.05) is 0 Å². The van der Waals surface area contributed by atoms with Gasteiger partial charge in [0.25, 0.3) is 0 Å². The minimum atomic E-state index is -4.46. The zero-order valence-corrected chi connectivity index (χ0v) is 14.9. The summed E-state index contributed by atoms with van der Waals surface area (Å²) >= 11 is 0. The molecule has 0 saturated carbocycles. The molecule has 1 aromatic carbocycles. The molecule has 0 spiro atoms. The summed E-state index contributed by atoms with van der Waals surface area (Å²) in [4.78, 5) is 45.0. The summed E-state index contributed by atoms with van der Waals surface area (Å²) in [5, 5.41) is 0. The summed E-state index contributed by atoms with van der Waals surface area (Å²) in [6, 6.07) is 6.68. The maximum absolute atomic E-state index is 12.8. The maximum Gasteiger partial charge on any atom is 0.337 e. The lowest BCUT2D eigenvalue weighted by Crippen LogP contribution is -2.53. The second kappa shape index (κ2) is 6.90. The molecular weight excluding hydrogens is 345 g/mol. The molecule has 2 saturated heterocycles. The fourth-order valence-corrected chi connectivity index (χ4v) is 4.85. The Morgan fingerprint density at radius 1 is 1.16 bits per heavy atom. The lowest BCUT2D eigenvalue weighted by molar-refractivity contribution is -0.142. The molecule has 2 aliphatic rings. The van der Waals surface area contributed by atoms with Crippen molar-refractivity contribution in [1.29, 1.82) is 0 Å². The molecule has 2 heterocycles. The van der Waals surface area contributed by atoms with Crippen molar-refractivity contribution in [3.8, 4) is 0 Å². The summed E-state index contributed by atoms with van der Waals surface area (Å²) in [6.07, 6.45) is 3.40. The van der Waals surface area contributed by atoms with Crippen LogP contribution in [0.25, 0.3) is 0 Å². The topological polar surface area (TPSA) is 104 Å². The number of carbonyl (C=O) groups is 2. The van der Waals surface area contributed by atoms with E-state index < -0.39 is 25.1 Å². The Kier molecular flexibility index (Phi) is 5.00. The van der Waals surface area contributed by atoms with Crippen LogP contribution in [0.5, 0.6) is 0 Å². The Labute approximate surface area is 146 Å². The third-order valence-electron chi connectivity index (χ3n) is 5.18. The fourth-order valence-electron chi connectivity index (χ4n) is 3.94. The Morgan fingerprint density at radius 2 is 1.84 bits per heavy atom. The molecule has 7 nitrogen and oxygen atoms in total. The van der Waals surface area contributed by atoms with E-state index in [2.05, 4.69) is 4.74 Å². The molecular formula is C17H22NO6P. The van der Waals surface area contributed by atoms with Gasteiger partial charge in [-0.25, -0.2) is 4.79 Å². The third-order valence-corrected chi connectivity index (χ3v) is 6.47. The van der Waals surface area contributed by atoms with Crippen LogP contribution in [0.15, 0.2) is 24.3 Å². The van der Waals surface area contributed by atoms with Crippen LogP contribution >= 0.6 is 7.60 Å². The number of carbonyl (C=O) groups excluding carboxylic acids is 2. The van der Waals surface area contributed by atoms with Gasteiger partial charge in [0.15, 0.2) is 0 Å². The number of esters is 1. The van der Waals surface area contributed by atoms with Gasteiger partial charge >= 0.3 is 13.6 Å². The SMILES string of the molecule is COC(=O)c1ccc([C@@H]2CCC[C@@H]3CCC(P(=O)(O)O)C(=O)N32)cc1. The molecule has 0 aliphatic carbocycles. The quantitative estimate of drug-likeness (QED) is 0.627. The van der Waals surface area contributed by atoms with Crippen LogP contribution in [0.3, 0.4) is 0 Å². The first-order valence-electron chi connectivity index (χ1n) is 8.38. The monoisotopic (exact) mass is 367 g/mol. The van der Waals surface area contributed by atoms with Gasteiger partial charge in [-0.05, 0) is 49.8 Å².